The van der Waals surface area contributed by atoms with Crippen LogP contribution in [0, 0.1) is 11.3 Å². The van der Waals surface area contributed by atoms with Crippen molar-refractivity contribution < 1.29 is 4.42 Å². The summed E-state index contributed by atoms with van der Waals surface area (Å²) in [5.74, 6) is 1.28. The van der Waals surface area contributed by atoms with Gasteiger partial charge in [0.1, 0.15) is 11.8 Å². The first kappa shape index (κ1) is 11.3. The van der Waals surface area contributed by atoms with Crippen molar-refractivity contribution in [3.63, 3.8) is 0 Å². The molecule has 0 aliphatic heterocycles. The van der Waals surface area contributed by atoms with Crippen LogP contribution in [0.4, 0.5) is 0 Å². The summed E-state index contributed by atoms with van der Waals surface area (Å²) in [6.45, 7) is 0. The van der Waals surface area contributed by atoms with E-state index in [1.165, 1.54) is 0 Å². The first-order chi connectivity index (χ1) is 9.29. The van der Waals surface area contributed by atoms with E-state index in [1.54, 1.807) is 24.5 Å². The third-order valence-corrected chi connectivity index (χ3v) is 2.98. The van der Waals surface area contributed by atoms with Crippen molar-refractivity contribution in [2.45, 2.75) is 0 Å². The predicted molar refractivity (Wildman–Crippen MR) is 72.9 cm³/mol. The lowest BCUT2D eigenvalue weighted by molar-refractivity contribution is 0.557. The van der Waals surface area contributed by atoms with Gasteiger partial charge in [-0.3, -0.25) is 0 Å². The van der Waals surface area contributed by atoms with Crippen LogP contribution in [0.3, 0.4) is 0 Å². The molecular weight excluding hydrogens is 238 g/mol. The lowest BCUT2D eigenvalue weighted by Gasteiger charge is -1.99. The maximum atomic E-state index is 9.31. The molecule has 0 radical (unpaired) electrons. The van der Waals surface area contributed by atoms with Gasteiger partial charge in [-0.05, 0) is 24.3 Å². The van der Waals surface area contributed by atoms with Gasteiger partial charge in [-0.1, -0.05) is 12.1 Å². The number of nitrogens with zero attached hydrogens (tertiary/aromatic N) is 3. The summed E-state index contributed by atoms with van der Waals surface area (Å²) >= 11 is 0. The third-order valence-electron chi connectivity index (χ3n) is 2.98. The molecule has 4 heteroatoms. The highest BCUT2D eigenvalue weighted by Gasteiger charge is 2.12. The van der Waals surface area contributed by atoms with Crippen molar-refractivity contribution in [2.75, 3.05) is 0 Å². The van der Waals surface area contributed by atoms with Crippen LogP contribution >= 0.6 is 0 Å². The van der Waals surface area contributed by atoms with E-state index in [0.29, 0.717) is 17.2 Å². The summed E-state index contributed by atoms with van der Waals surface area (Å²) in [6.07, 6.45) is 3.27. The maximum absolute atomic E-state index is 9.31. The van der Waals surface area contributed by atoms with Crippen LogP contribution in [0.2, 0.25) is 0 Å². The van der Waals surface area contributed by atoms with Gasteiger partial charge in [0, 0.05) is 13.1 Å². The standard InChI is InChI=1S/C15H11N3O/c1-18-14-7-3-2-6-13(14)17-15(18)11(10-16)9-12-5-4-8-19-12/h2-9H,1H3/b11-9+. The Kier molecular flexibility index (Phi) is 2.66. The molecule has 0 fully saturated rings. The van der Waals surface area contributed by atoms with Crippen LogP contribution < -0.4 is 0 Å². The molecule has 19 heavy (non-hydrogen) atoms. The summed E-state index contributed by atoms with van der Waals surface area (Å²) in [5.41, 5.74) is 2.35. The van der Waals surface area contributed by atoms with Crippen molar-refractivity contribution >= 4 is 22.7 Å². The molecule has 0 bridgehead atoms. The van der Waals surface area contributed by atoms with E-state index in [-0.39, 0.29) is 0 Å². The monoisotopic (exact) mass is 249 g/mol. The molecule has 0 unspecified atom stereocenters. The first-order valence-corrected chi connectivity index (χ1v) is 5.87. The van der Waals surface area contributed by atoms with Gasteiger partial charge in [-0.25, -0.2) is 4.98 Å². The van der Waals surface area contributed by atoms with Gasteiger partial charge >= 0.3 is 0 Å². The zero-order chi connectivity index (χ0) is 13.2. The van der Waals surface area contributed by atoms with Crippen LogP contribution in [0.15, 0.2) is 47.1 Å². The van der Waals surface area contributed by atoms with Gasteiger partial charge < -0.3 is 8.98 Å². The minimum atomic E-state index is 0.480. The number of furan rings is 1. The largest absolute Gasteiger partial charge is 0.465 e. The molecule has 0 atom stereocenters. The average Bonchev–Trinajstić information content (AvgIpc) is 3.05. The topological polar surface area (TPSA) is 54.8 Å². The molecule has 0 spiro atoms. The highest BCUT2D eigenvalue weighted by atomic mass is 16.3. The van der Waals surface area contributed by atoms with E-state index in [1.807, 2.05) is 35.9 Å². The normalized spacial score (nSPS) is 11.7. The number of aromatic nitrogens is 2. The zero-order valence-electron chi connectivity index (χ0n) is 10.4. The second kappa shape index (κ2) is 4.46. The number of benzene rings is 1. The Labute approximate surface area is 110 Å². The minimum absolute atomic E-state index is 0.480. The van der Waals surface area contributed by atoms with Crippen molar-refractivity contribution in [1.82, 2.24) is 9.55 Å². The number of para-hydroxylation sites is 2. The van der Waals surface area contributed by atoms with Gasteiger partial charge in [0.2, 0.25) is 0 Å². The maximum Gasteiger partial charge on any atom is 0.151 e. The fourth-order valence-corrected chi connectivity index (χ4v) is 2.05. The van der Waals surface area contributed by atoms with Crippen LogP contribution in [-0.2, 0) is 7.05 Å². The molecule has 0 aliphatic carbocycles. The third kappa shape index (κ3) is 1.91. The Bertz CT molecular complexity index is 789. The van der Waals surface area contributed by atoms with E-state index in [0.717, 1.165) is 11.0 Å². The van der Waals surface area contributed by atoms with Crippen molar-refractivity contribution in [1.29, 1.82) is 5.26 Å². The summed E-state index contributed by atoms with van der Waals surface area (Å²) in [7, 11) is 1.90. The lowest BCUT2D eigenvalue weighted by Crippen LogP contribution is -1.95. The fraction of sp³-hybridized carbons (Fsp3) is 0.0667. The minimum Gasteiger partial charge on any atom is -0.465 e. The molecular formula is C15H11N3O. The summed E-state index contributed by atoms with van der Waals surface area (Å²) in [4.78, 5) is 4.49. The number of aryl methyl sites for hydroxylation is 1. The second-order valence-electron chi connectivity index (χ2n) is 4.17. The number of allylic oxidation sites excluding steroid dienone is 1. The van der Waals surface area contributed by atoms with Crippen LogP contribution in [0.5, 0.6) is 0 Å². The molecule has 2 heterocycles. The molecule has 3 aromatic rings. The molecule has 0 N–H and O–H groups in total. The van der Waals surface area contributed by atoms with Gasteiger partial charge in [-0.2, -0.15) is 5.26 Å². The van der Waals surface area contributed by atoms with Gasteiger partial charge in [0.25, 0.3) is 0 Å². The Morgan fingerprint density at radius 1 is 1.32 bits per heavy atom. The Balaban J connectivity index is 2.18. The molecule has 1 aromatic carbocycles. The quantitative estimate of drug-likeness (QED) is 0.655. The van der Waals surface area contributed by atoms with Crippen molar-refractivity contribution in [3.05, 3.63) is 54.2 Å². The van der Waals surface area contributed by atoms with Crippen LogP contribution in [-0.4, -0.2) is 9.55 Å². The van der Waals surface area contributed by atoms with Crippen LogP contribution in [0.25, 0.3) is 22.7 Å². The second-order valence-corrected chi connectivity index (χ2v) is 4.17. The molecule has 4 nitrogen and oxygen atoms in total. The van der Waals surface area contributed by atoms with Gasteiger partial charge in [-0.15, -0.1) is 0 Å². The number of hydrogen-bond donors (Lipinski definition) is 0. The summed E-state index contributed by atoms with van der Waals surface area (Å²) in [6, 6.07) is 13.6. The number of hydrogen-bond acceptors (Lipinski definition) is 3. The van der Waals surface area contributed by atoms with Gasteiger partial charge in [0.05, 0.1) is 22.9 Å². The number of fused-ring (bicyclic) bond motifs is 1. The lowest BCUT2D eigenvalue weighted by atomic mass is 10.2. The molecule has 3 rings (SSSR count). The van der Waals surface area contributed by atoms with E-state index in [2.05, 4.69) is 11.1 Å². The molecule has 0 aliphatic rings. The molecule has 2 aromatic heterocycles. The van der Waals surface area contributed by atoms with Crippen LogP contribution in [0.1, 0.15) is 11.6 Å². The number of nitriles is 1. The number of imidazole rings is 1. The smallest absolute Gasteiger partial charge is 0.151 e. The van der Waals surface area contributed by atoms with E-state index in [4.69, 9.17) is 4.42 Å². The van der Waals surface area contributed by atoms with Gasteiger partial charge in [0.15, 0.2) is 5.82 Å². The first-order valence-electron chi connectivity index (χ1n) is 5.87. The average molecular weight is 249 g/mol. The Morgan fingerprint density at radius 2 is 2.16 bits per heavy atom. The Hall–Kier alpha value is -2.80. The van der Waals surface area contributed by atoms with E-state index >= 15 is 0 Å². The van der Waals surface area contributed by atoms with E-state index < -0.39 is 0 Å². The predicted octanol–water partition coefficient (Wildman–Crippen LogP) is 3.23. The SMILES string of the molecule is Cn1c(/C(C#N)=C/c2ccco2)nc2ccccc21. The molecule has 0 saturated heterocycles. The zero-order valence-corrected chi connectivity index (χ0v) is 10.4. The molecule has 92 valence electrons. The van der Waals surface area contributed by atoms with Crippen molar-refractivity contribution in [3.8, 4) is 6.07 Å². The number of rotatable bonds is 2. The fourth-order valence-electron chi connectivity index (χ4n) is 2.05. The highest BCUT2D eigenvalue weighted by molar-refractivity contribution is 5.90. The van der Waals surface area contributed by atoms with E-state index in [9.17, 15) is 5.26 Å². The molecule has 0 amide bonds. The summed E-state index contributed by atoms with van der Waals surface area (Å²) < 4.78 is 7.15. The van der Waals surface area contributed by atoms with Crippen molar-refractivity contribution in [2.24, 2.45) is 7.05 Å². The Morgan fingerprint density at radius 3 is 2.84 bits per heavy atom. The molecule has 0 saturated carbocycles. The highest BCUT2D eigenvalue weighted by Crippen LogP contribution is 2.21. The summed E-state index contributed by atoms with van der Waals surface area (Å²) in [5, 5.41) is 9.31.